The SMILES string of the molecule is CSc1cccc(-n2c(N)nc3cc(Cl)ccc32)c1. The van der Waals surface area contributed by atoms with Crippen molar-refractivity contribution in [3.05, 3.63) is 47.5 Å². The number of nitrogen functional groups attached to an aromatic ring is 1. The molecule has 0 saturated carbocycles. The molecule has 0 radical (unpaired) electrons. The van der Waals surface area contributed by atoms with Gasteiger partial charge in [0.25, 0.3) is 0 Å². The van der Waals surface area contributed by atoms with E-state index in [0.29, 0.717) is 11.0 Å². The highest BCUT2D eigenvalue weighted by atomic mass is 35.5. The molecule has 0 aliphatic heterocycles. The van der Waals surface area contributed by atoms with Crippen molar-refractivity contribution in [2.75, 3.05) is 12.0 Å². The summed E-state index contributed by atoms with van der Waals surface area (Å²) in [6.45, 7) is 0. The van der Waals surface area contributed by atoms with Gasteiger partial charge in [-0.15, -0.1) is 11.8 Å². The minimum atomic E-state index is 0.468. The van der Waals surface area contributed by atoms with Crippen molar-refractivity contribution in [1.82, 2.24) is 9.55 Å². The van der Waals surface area contributed by atoms with Crippen molar-refractivity contribution in [2.24, 2.45) is 0 Å². The number of thioether (sulfide) groups is 1. The zero-order valence-electron chi connectivity index (χ0n) is 10.3. The molecule has 3 nitrogen and oxygen atoms in total. The lowest BCUT2D eigenvalue weighted by Gasteiger charge is -2.07. The highest BCUT2D eigenvalue weighted by Crippen LogP contribution is 2.27. The second-order valence-electron chi connectivity index (χ2n) is 4.14. The number of rotatable bonds is 2. The summed E-state index contributed by atoms with van der Waals surface area (Å²) in [5, 5.41) is 0.662. The van der Waals surface area contributed by atoms with E-state index in [1.807, 2.05) is 41.2 Å². The van der Waals surface area contributed by atoms with Gasteiger partial charge in [-0.1, -0.05) is 17.7 Å². The van der Waals surface area contributed by atoms with Crippen molar-refractivity contribution in [1.29, 1.82) is 0 Å². The topological polar surface area (TPSA) is 43.8 Å². The van der Waals surface area contributed by atoms with Crippen LogP contribution in [0.3, 0.4) is 0 Å². The second-order valence-corrected chi connectivity index (χ2v) is 5.46. The summed E-state index contributed by atoms with van der Waals surface area (Å²) in [5.74, 6) is 0.468. The number of fused-ring (bicyclic) bond motifs is 1. The molecule has 3 rings (SSSR count). The molecule has 0 atom stereocenters. The standard InChI is InChI=1S/C14H12ClN3S/c1-19-11-4-2-3-10(8-11)18-13-6-5-9(15)7-12(13)17-14(18)16/h2-8H,1H3,(H2,16,17). The van der Waals surface area contributed by atoms with Gasteiger partial charge in [-0.05, 0) is 42.7 Å². The van der Waals surface area contributed by atoms with Crippen molar-refractivity contribution < 1.29 is 0 Å². The molecule has 2 aromatic carbocycles. The number of nitrogens with zero attached hydrogens (tertiary/aromatic N) is 2. The smallest absolute Gasteiger partial charge is 0.205 e. The summed E-state index contributed by atoms with van der Waals surface area (Å²) in [6.07, 6.45) is 2.05. The van der Waals surface area contributed by atoms with Crippen LogP contribution in [0.1, 0.15) is 0 Å². The molecular weight excluding hydrogens is 278 g/mol. The van der Waals surface area contributed by atoms with Gasteiger partial charge in [-0.3, -0.25) is 4.57 Å². The molecule has 0 unspecified atom stereocenters. The lowest BCUT2D eigenvalue weighted by atomic mass is 10.3. The largest absolute Gasteiger partial charge is 0.369 e. The third-order valence-electron chi connectivity index (χ3n) is 2.95. The molecule has 3 aromatic rings. The second kappa shape index (κ2) is 4.79. The van der Waals surface area contributed by atoms with Gasteiger partial charge in [-0.2, -0.15) is 0 Å². The number of aromatic nitrogens is 2. The Kier molecular flexibility index (Phi) is 3.12. The van der Waals surface area contributed by atoms with E-state index in [1.54, 1.807) is 11.8 Å². The van der Waals surface area contributed by atoms with Gasteiger partial charge in [-0.25, -0.2) is 4.98 Å². The molecule has 1 heterocycles. The third-order valence-corrected chi connectivity index (χ3v) is 3.91. The van der Waals surface area contributed by atoms with Crippen LogP contribution >= 0.6 is 23.4 Å². The Bertz CT molecular complexity index is 752. The summed E-state index contributed by atoms with van der Waals surface area (Å²) < 4.78 is 1.94. The summed E-state index contributed by atoms with van der Waals surface area (Å²) in [7, 11) is 0. The van der Waals surface area contributed by atoms with Gasteiger partial charge in [0, 0.05) is 9.92 Å². The molecule has 96 valence electrons. The summed E-state index contributed by atoms with van der Waals surface area (Å²) in [4.78, 5) is 5.54. The Morgan fingerprint density at radius 2 is 2.05 bits per heavy atom. The van der Waals surface area contributed by atoms with Crippen LogP contribution in [0.2, 0.25) is 5.02 Å². The van der Waals surface area contributed by atoms with E-state index in [-0.39, 0.29) is 0 Å². The van der Waals surface area contributed by atoms with E-state index >= 15 is 0 Å². The Morgan fingerprint density at radius 1 is 1.21 bits per heavy atom. The fraction of sp³-hybridized carbons (Fsp3) is 0.0714. The van der Waals surface area contributed by atoms with Gasteiger partial charge in [0.05, 0.1) is 16.7 Å². The number of hydrogen-bond donors (Lipinski definition) is 1. The molecule has 2 N–H and O–H groups in total. The number of benzene rings is 2. The Labute approximate surface area is 120 Å². The molecule has 5 heteroatoms. The first-order valence-corrected chi connectivity index (χ1v) is 7.37. The van der Waals surface area contributed by atoms with E-state index in [9.17, 15) is 0 Å². The molecule has 0 aliphatic rings. The molecule has 19 heavy (non-hydrogen) atoms. The van der Waals surface area contributed by atoms with Crippen LogP contribution in [-0.2, 0) is 0 Å². The molecule has 0 saturated heterocycles. The summed E-state index contributed by atoms with van der Waals surface area (Å²) in [5.41, 5.74) is 8.80. The summed E-state index contributed by atoms with van der Waals surface area (Å²) >= 11 is 7.68. The van der Waals surface area contributed by atoms with Crippen molar-refractivity contribution in [3.8, 4) is 5.69 Å². The van der Waals surface area contributed by atoms with Crippen LogP contribution in [0.15, 0.2) is 47.4 Å². The molecule has 0 fully saturated rings. The minimum absolute atomic E-state index is 0.468. The third kappa shape index (κ3) is 2.17. The maximum absolute atomic E-state index is 6.03. The summed E-state index contributed by atoms with van der Waals surface area (Å²) in [6, 6.07) is 13.8. The Hall–Kier alpha value is -1.65. The number of hydrogen-bond acceptors (Lipinski definition) is 3. The van der Waals surface area contributed by atoms with Crippen molar-refractivity contribution in [2.45, 2.75) is 4.90 Å². The molecule has 1 aromatic heterocycles. The van der Waals surface area contributed by atoms with Gasteiger partial charge in [0.15, 0.2) is 0 Å². The van der Waals surface area contributed by atoms with E-state index in [2.05, 4.69) is 17.1 Å². The van der Waals surface area contributed by atoms with Crippen LogP contribution in [0.4, 0.5) is 5.95 Å². The predicted octanol–water partition coefficient (Wildman–Crippen LogP) is 3.98. The average Bonchev–Trinajstić information content (AvgIpc) is 2.73. The monoisotopic (exact) mass is 289 g/mol. The zero-order chi connectivity index (χ0) is 13.4. The van der Waals surface area contributed by atoms with Crippen LogP contribution in [0.25, 0.3) is 16.7 Å². The van der Waals surface area contributed by atoms with Gasteiger partial charge in [0.2, 0.25) is 5.95 Å². The fourth-order valence-corrected chi connectivity index (χ4v) is 2.71. The number of nitrogens with two attached hydrogens (primary N) is 1. The highest BCUT2D eigenvalue weighted by Gasteiger charge is 2.10. The van der Waals surface area contributed by atoms with Crippen LogP contribution in [0, 0.1) is 0 Å². The lowest BCUT2D eigenvalue weighted by molar-refractivity contribution is 1.10. The Morgan fingerprint density at radius 3 is 2.84 bits per heavy atom. The van der Waals surface area contributed by atoms with Gasteiger partial charge < -0.3 is 5.73 Å². The van der Waals surface area contributed by atoms with Crippen LogP contribution in [0.5, 0.6) is 0 Å². The maximum Gasteiger partial charge on any atom is 0.205 e. The quantitative estimate of drug-likeness (QED) is 0.726. The van der Waals surface area contributed by atoms with E-state index in [0.717, 1.165) is 16.7 Å². The highest BCUT2D eigenvalue weighted by molar-refractivity contribution is 7.98. The predicted molar refractivity (Wildman–Crippen MR) is 82.3 cm³/mol. The minimum Gasteiger partial charge on any atom is -0.369 e. The van der Waals surface area contributed by atoms with Crippen LogP contribution in [-0.4, -0.2) is 15.8 Å². The fourth-order valence-electron chi connectivity index (χ4n) is 2.09. The first-order chi connectivity index (χ1) is 9.19. The lowest BCUT2D eigenvalue weighted by Crippen LogP contribution is -2.00. The first kappa shape index (κ1) is 12.4. The average molecular weight is 290 g/mol. The van der Waals surface area contributed by atoms with E-state index < -0.39 is 0 Å². The number of anilines is 1. The molecule has 0 amide bonds. The first-order valence-electron chi connectivity index (χ1n) is 5.77. The van der Waals surface area contributed by atoms with Gasteiger partial charge in [0.1, 0.15) is 0 Å². The Balaban J connectivity index is 2.26. The molecule has 0 spiro atoms. The van der Waals surface area contributed by atoms with Crippen LogP contribution < -0.4 is 5.73 Å². The molecule has 0 aliphatic carbocycles. The van der Waals surface area contributed by atoms with Crippen molar-refractivity contribution >= 4 is 40.3 Å². The molecular formula is C14H12ClN3S. The molecule has 0 bridgehead atoms. The van der Waals surface area contributed by atoms with Crippen molar-refractivity contribution in [3.63, 3.8) is 0 Å². The normalized spacial score (nSPS) is 11.1. The number of imidazole rings is 1. The van der Waals surface area contributed by atoms with Gasteiger partial charge >= 0.3 is 0 Å². The zero-order valence-corrected chi connectivity index (χ0v) is 11.9. The van der Waals surface area contributed by atoms with E-state index in [1.165, 1.54) is 4.90 Å². The number of halogens is 1. The maximum atomic E-state index is 6.03. The van der Waals surface area contributed by atoms with E-state index in [4.69, 9.17) is 17.3 Å².